The molecule has 0 amide bonds. The molecule has 1 rings (SSSR count). The molecule has 0 aliphatic heterocycles. The normalized spacial score (nSPS) is 12.1. The predicted molar refractivity (Wildman–Crippen MR) is 67.3 cm³/mol. The number of aryl methyl sites for hydroxylation is 1. The Morgan fingerprint density at radius 3 is 2.35 bits per heavy atom. The first-order valence-corrected chi connectivity index (χ1v) is 6.03. The zero-order chi connectivity index (χ0) is 13.2. The number of hydrogen-bond donors (Lipinski definition) is 2. The van der Waals surface area contributed by atoms with Gasteiger partial charge in [-0.05, 0) is 5.92 Å². The summed E-state index contributed by atoms with van der Waals surface area (Å²) in [5.41, 5.74) is 2.16. The van der Waals surface area contributed by atoms with E-state index in [2.05, 4.69) is 44.6 Å². The molecule has 4 nitrogen and oxygen atoms in total. The van der Waals surface area contributed by atoms with Crippen LogP contribution < -0.4 is 0 Å². The number of hydrogen-bond acceptors (Lipinski definition) is 2. The number of carboxylic acids is 1. The van der Waals surface area contributed by atoms with E-state index in [0.717, 1.165) is 17.2 Å². The van der Waals surface area contributed by atoms with Gasteiger partial charge < -0.3 is 10.1 Å². The summed E-state index contributed by atoms with van der Waals surface area (Å²) in [7, 11) is 0. The summed E-state index contributed by atoms with van der Waals surface area (Å²) in [4.78, 5) is 18.4. The van der Waals surface area contributed by atoms with Crippen LogP contribution in [-0.4, -0.2) is 21.0 Å². The van der Waals surface area contributed by atoms with Crippen molar-refractivity contribution >= 4 is 5.97 Å². The molecule has 1 aromatic rings. The van der Waals surface area contributed by atoms with E-state index < -0.39 is 5.97 Å². The van der Waals surface area contributed by atoms with E-state index in [9.17, 15) is 4.79 Å². The van der Waals surface area contributed by atoms with Crippen LogP contribution >= 0.6 is 0 Å². The third-order valence-corrected chi connectivity index (χ3v) is 2.64. The van der Waals surface area contributed by atoms with Crippen molar-refractivity contribution in [2.45, 2.75) is 58.8 Å². The number of nitrogens with zero attached hydrogens (tertiary/aromatic N) is 1. The molecule has 0 bridgehead atoms. The molecule has 0 spiro atoms. The Morgan fingerprint density at radius 1 is 1.41 bits per heavy atom. The fourth-order valence-electron chi connectivity index (χ4n) is 1.77. The Balaban J connectivity index is 3.00. The number of nitrogens with one attached hydrogen (secondary N) is 1. The second-order valence-corrected chi connectivity index (χ2v) is 5.74. The lowest BCUT2D eigenvalue weighted by Crippen LogP contribution is -2.15. The Morgan fingerprint density at radius 2 is 2.00 bits per heavy atom. The third-order valence-electron chi connectivity index (χ3n) is 2.64. The van der Waals surface area contributed by atoms with E-state index in [1.807, 2.05) is 0 Å². The number of aromatic amines is 1. The van der Waals surface area contributed by atoms with E-state index in [-0.39, 0.29) is 11.8 Å². The minimum atomic E-state index is -0.787. The first kappa shape index (κ1) is 13.7. The third kappa shape index (κ3) is 3.58. The van der Waals surface area contributed by atoms with Gasteiger partial charge in [0, 0.05) is 17.5 Å². The lowest BCUT2D eigenvalue weighted by atomic mass is 9.88. The molecule has 0 saturated carbocycles. The van der Waals surface area contributed by atoms with Gasteiger partial charge in [0.25, 0.3) is 0 Å². The molecule has 1 heterocycles. The highest BCUT2D eigenvalue weighted by atomic mass is 16.4. The molecular weight excluding hydrogens is 216 g/mol. The summed E-state index contributed by atoms with van der Waals surface area (Å²) >= 11 is 0. The second kappa shape index (κ2) is 4.90. The van der Waals surface area contributed by atoms with Gasteiger partial charge in [-0.25, -0.2) is 4.98 Å². The van der Waals surface area contributed by atoms with Crippen LogP contribution in [-0.2, 0) is 16.6 Å². The molecule has 0 saturated heterocycles. The lowest BCUT2D eigenvalue weighted by molar-refractivity contribution is -0.137. The average molecular weight is 238 g/mol. The minimum Gasteiger partial charge on any atom is -0.481 e. The van der Waals surface area contributed by atoms with Crippen LogP contribution in [0.4, 0.5) is 0 Å². The maximum absolute atomic E-state index is 10.6. The van der Waals surface area contributed by atoms with Crippen LogP contribution in [0.1, 0.15) is 64.2 Å². The highest BCUT2D eigenvalue weighted by molar-refractivity contribution is 5.66. The largest absolute Gasteiger partial charge is 0.481 e. The van der Waals surface area contributed by atoms with Crippen molar-refractivity contribution in [3.63, 3.8) is 0 Å². The summed E-state index contributed by atoms with van der Waals surface area (Å²) < 4.78 is 0. The van der Waals surface area contributed by atoms with Crippen molar-refractivity contribution in [1.82, 2.24) is 9.97 Å². The Kier molecular flexibility index (Phi) is 3.96. The Labute approximate surface area is 102 Å². The van der Waals surface area contributed by atoms with Crippen LogP contribution in [0.2, 0.25) is 0 Å². The van der Waals surface area contributed by atoms with E-state index in [1.54, 1.807) is 0 Å². The van der Waals surface area contributed by atoms with Gasteiger partial charge in [-0.3, -0.25) is 4.79 Å². The Hall–Kier alpha value is -1.32. The van der Waals surface area contributed by atoms with E-state index >= 15 is 0 Å². The number of imidazole rings is 1. The number of carbonyl (C=O) groups is 1. The monoisotopic (exact) mass is 238 g/mol. The maximum atomic E-state index is 10.6. The van der Waals surface area contributed by atoms with Gasteiger partial charge in [0.2, 0.25) is 0 Å². The van der Waals surface area contributed by atoms with Crippen LogP contribution in [0, 0.1) is 0 Å². The van der Waals surface area contributed by atoms with Crippen LogP contribution in [0.15, 0.2) is 0 Å². The standard InChI is InChI=1S/C13H22N2O2/c1-8(2)11-12(13(3,4)5)15-9(14-11)6-7-10(16)17/h8H,6-7H2,1-5H3,(H,14,15)(H,16,17). The predicted octanol–water partition coefficient (Wildman–Crippen LogP) is 2.85. The van der Waals surface area contributed by atoms with Gasteiger partial charge in [0.05, 0.1) is 12.1 Å². The van der Waals surface area contributed by atoms with Crippen molar-refractivity contribution in [2.75, 3.05) is 0 Å². The first-order valence-electron chi connectivity index (χ1n) is 6.03. The summed E-state index contributed by atoms with van der Waals surface area (Å²) in [5.74, 6) is 0.362. The topological polar surface area (TPSA) is 66.0 Å². The molecule has 0 atom stereocenters. The second-order valence-electron chi connectivity index (χ2n) is 5.74. The number of aromatic nitrogens is 2. The van der Waals surface area contributed by atoms with Gasteiger partial charge in [0.1, 0.15) is 5.82 Å². The zero-order valence-corrected chi connectivity index (χ0v) is 11.3. The molecule has 0 radical (unpaired) electrons. The summed E-state index contributed by atoms with van der Waals surface area (Å²) in [6.07, 6.45) is 0.583. The summed E-state index contributed by atoms with van der Waals surface area (Å²) in [6.45, 7) is 10.6. The van der Waals surface area contributed by atoms with Gasteiger partial charge >= 0.3 is 5.97 Å². The number of H-pyrrole nitrogens is 1. The van der Waals surface area contributed by atoms with Crippen molar-refractivity contribution in [2.24, 2.45) is 0 Å². The molecular formula is C13H22N2O2. The highest BCUT2D eigenvalue weighted by Crippen LogP contribution is 2.28. The maximum Gasteiger partial charge on any atom is 0.303 e. The fourth-order valence-corrected chi connectivity index (χ4v) is 1.77. The highest BCUT2D eigenvalue weighted by Gasteiger charge is 2.24. The zero-order valence-electron chi connectivity index (χ0n) is 11.3. The Bertz CT molecular complexity index is 400. The van der Waals surface area contributed by atoms with Gasteiger partial charge in [-0.2, -0.15) is 0 Å². The van der Waals surface area contributed by atoms with Gasteiger partial charge in [-0.1, -0.05) is 34.6 Å². The lowest BCUT2D eigenvalue weighted by Gasteiger charge is -2.18. The van der Waals surface area contributed by atoms with Crippen molar-refractivity contribution in [1.29, 1.82) is 0 Å². The molecule has 0 unspecified atom stereocenters. The van der Waals surface area contributed by atoms with Crippen molar-refractivity contribution in [3.05, 3.63) is 17.2 Å². The van der Waals surface area contributed by atoms with Crippen molar-refractivity contribution < 1.29 is 9.90 Å². The molecule has 0 aliphatic rings. The molecule has 2 N–H and O–H groups in total. The summed E-state index contributed by atoms with van der Waals surface area (Å²) in [5, 5.41) is 8.68. The number of carboxylic acid groups (broad SMARTS) is 1. The minimum absolute atomic E-state index is 0.0163. The number of rotatable bonds is 4. The van der Waals surface area contributed by atoms with Crippen molar-refractivity contribution in [3.8, 4) is 0 Å². The van der Waals surface area contributed by atoms with E-state index in [4.69, 9.17) is 5.11 Å². The molecule has 0 aliphatic carbocycles. The number of aliphatic carboxylic acids is 1. The SMILES string of the molecule is CC(C)c1[nH]c(CCC(=O)O)nc1C(C)(C)C. The van der Waals surface area contributed by atoms with Crippen LogP contribution in [0.3, 0.4) is 0 Å². The van der Waals surface area contributed by atoms with Crippen LogP contribution in [0.5, 0.6) is 0 Å². The van der Waals surface area contributed by atoms with Gasteiger partial charge in [0.15, 0.2) is 0 Å². The molecule has 1 aromatic heterocycles. The molecule has 17 heavy (non-hydrogen) atoms. The molecule has 96 valence electrons. The van der Waals surface area contributed by atoms with E-state index in [0.29, 0.717) is 12.3 Å². The summed E-state index contributed by atoms with van der Waals surface area (Å²) in [6, 6.07) is 0. The van der Waals surface area contributed by atoms with E-state index in [1.165, 1.54) is 0 Å². The first-order chi connectivity index (χ1) is 7.71. The quantitative estimate of drug-likeness (QED) is 0.847. The van der Waals surface area contributed by atoms with Gasteiger partial charge in [-0.15, -0.1) is 0 Å². The van der Waals surface area contributed by atoms with Crippen LogP contribution in [0.25, 0.3) is 0 Å². The molecule has 4 heteroatoms. The molecule has 0 aromatic carbocycles. The smallest absolute Gasteiger partial charge is 0.303 e. The molecule has 0 fully saturated rings. The average Bonchev–Trinajstić information content (AvgIpc) is 2.57. The fraction of sp³-hybridized carbons (Fsp3) is 0.692.